The van der Waals surface area contributed by atoms with E-state index in [-0.39, 0.29) is 6.10 Å². The molecule has 104 valence electrons. The van der Waals surface area contributed by atoms with E-state index in [1.165, 1.54) is 36.8 Å². The minimum absolute atomic E-state index is 0.218. The molecule has 2 saturated carbocycles. The third kappa shape index (κ3) is 2.33. The summed E-state index contributed by atoms with van der Waals surface area (Å²) in [5.41, 5.74) is 4.02. The summed E-state index contributed by atoms with van der Waals surface area (Å²) in [6, 6.07) is 6.64. The zero-order valence-corrected chi connectivity index (χ0v) is 12.2. The molecule has 0 aliphatic heterocycles. The number of aliphatic hydroxyl groups excluding tert-OH is 1. The summed E-state index contributed by atoms with van der Waals surface area (Å²) in [5.74, 6) is 2.19. The van der Waals surface area contributed by atoms with Gasteiger partial charge >= 0.3 is 0 Å². The Kier molecular flexibility index (Phi) is 3.66. The molecule has 0 heterocycles. The van der Waals surface area contributed by atoms with Crippen LogP contribution in [0.25, 0.3) is 0 Å². The number of benzene rings is 1. The fourth-order valence-electron chi connectivity index (χ4n) is 4.24. The van der Waals surface area contributed by atoms with E-state index in [4.69, 9.17) is 0 Å². The highest BCUT2D eigenvalue weighted by Gasteiger charge is 2.54. The van der Waals surface area contributed by atoms with Crippen LogP contribution >= 0.6 is 0 Å². The van der Waals surface area contributed by atoms with Gasteiger partial charge in [-0.2, -0.15) is 0 Å². The monoisotopic (exact) mass is 258 g/mol. The van der Waals surface area contributed by atoms with Crippen molar-refractivity contribution in [1.29, 1.82) is 0 Å². The Morgan fingerprint density at radius 2 is 1.68 bits per heavy atom. The molecule has 0 saturated heterocycles. The SMILES string of the molecule is CCc1ccc(C(O)C2C3CCCCC32)cc1CC. The molecule has 0 spiro atoms. The number of fused-ring (bicyclic) bond motifs is 1. The lowest BCUT2D eigenvalue weighted by Crippen LogP contribution is -2.04. The maximum Gasteiger partial charge on any atom is 0.0823 e. The van der Waals surface area contributed by atoms with E-state index in [1.807, 2.05) is 0 Å². The van der Waals surface area contributed by atoms with Gasteiger partial charge in [0.05, 0.1) is 6.10 Å². The van der Waals surface area contributed by atoms with Gasteiger partial charge in [0.25, 0.3) is 0 Å². The molecular formula is C18H26O. The van der Waals surface area contributed by atoms with Gasteiger partial charge in [0.2, 0.25) is 0 Å². The molecule has 3 rings (SSSR count). The highest BCUT2D eigenvalue weighted by molar-refractivity contribution is 5.34. The van der Waals surface area contributed by atoms with Crippen LogP contribution in [0.4, 0.5) is 0 Å². The normalized spacial score (nSPS) is 30.8. The molecule has 2 fully saturated rings. The highest BCUT2D eigenvalue weighted by atomic mass is 16.3. The molecule has 19 heavy (non-hydrogen) atoms. The molecule has 0 amide bonds. The van der Waals surface area contributed by atoms with Crippen LogP contribution in [-0.2, 0) is 12.8 Å². The fraction of sp³-hybridized carbons (Fsp3) is 0.667. The van der Waals surface area contributed by atoms with Crippen molar-refractivity contribution in [2.45, 2.75) is 58.5 Å². The molecule has 1 aromatic rings. The Morgan fingerprint density at radius 3 is 2.26 bits per heavy atom. The predicted molar refractivity (Wildman–Crippen MR) is 79.1 cm³/mol. The first-order valence-electron chi connectivity index (χ1n) is 8.06. The molecule has 1 heteroatoms. The van der Waals surface area contributed by atoms with E-state index in [2.05, 4.69) is 32.0 Å². The lowest BCUT2D eigenvalue weighted by Gasteiger charge is -2.14. The van der Waals surface area contributed by atoms with E-state index in [9.17, 15) is 5.11 Å². The highest BCUT2D eigenvalue weighted by Crippen LogP contribution is 2.60. The van der Waals surface area contributed by atoms with Crippen molar-refractivity contribution in [3.05, 3.63) is 34.9 Å². The van der Waals surface area contributed by atoms with Crippen LogP contribution in [0.5, 0.6) is 0 Å². The van der Waals surface area contributed by atoms with Crippen molar-refractivity contribution in [2.24, 2.45) is 17.8 Å². The standard InChI is InChI=1S/C18H26O/c1-3-12-9-10-14(11-13(12)4-2)18(19)17-15-7-5-6-8-16(15)17/h9-11,15-19H,3-8H2,1-2H3. The molecule has 0 aromatic heterocycles. The van der Waals surface area contributed by atoms with Crippen molar-refractivity contribution in [3.8, 4) is 0 Å². The average Bonchev–Trinajstić information content (AvgIpc) is 3.20. The topological polar surface area (TPSA) is 20.2 Å². The molecule has 1 N–H and O–H groups in total. The van der Waals surface area contributed by atoms with Gasteiger partial charge < -0.3 is 5.11 Å². The number of aliphatic hydroxyl groups is 1. The Hall–Kier alpha value is -0.820. The Balaban J connectivity index is 1.78. The van der Waals surface area contributed by atoms with Gasteiger partial charge in [0, 0.05) is 0 Å². The largest absolute Gasteiger partial charge is 0.388 e. The third-order valence-electron chi connectivity index (χ3n) is 5.42. The van der Waals surface area contributed by atoms with Gasteiger partial charge in [0.15, 0.2) is 0 Å². The van der Waals surface area contributed by atoms with E-state index in [1.54, 1.807) is 0 Å². The molecule has 1 nitrogen and oxygen atoms in total. The van der Waals surface area contributed by atoms with Crippen LogP contribution in [0, 0.1) is 17.8 Å². The maximum absolute atomic E-state index is 10.7. The second-order valence-electron chi connectivity index (χ2n) is 6.37. The lowest BCUT2D eigenvalue weighted by molar-refractivity contribution is 0.142. The second kappa shape index (κ2) is 5.28. The van der Waals surface area contributed by atoms with Crippen molar-refractivity contribution in [3.63, 3.8) is 0 Å². The number of hydrogen-bond donors (Lipinski definition) is 1. The molecule has 0 bridgehead atoms. The van der Waals surface area contributed by atoms with Crippen molar-refractivity contribution >= 4 is 0 Å². The van der Waals surface area contributed by atoms with Crippen LogP contribution in [-0.4, -0.2) is 5.11 Å². The van der Waals surface area contributed by atoms with Gasteiger partial charge in [-0.3, -0.25) is 0 Å². The molecule has 0 radical (unpaired) electrons. The summed E-state index contributed by atoms with van der Waals surface area (Å²) >= 11 is 0. The fourth-order valence-corrected chi connectivity index (χ4v) is 4.24. The lowest BCUT2D eigenvalue weighted by atomic mass is 9.95. The van der Waals surface area contributed by atoms with Gasteiger partial charge in [-0.25, -0.2) is 0 Å². The Labute approximate surface area is 117 Å². The van der Waals surface area contributed by atoms with Crippen LogP contribution < -0.4 is 0 Å². The predicted octanol–water partition coefficient (Wildman–Crippen LogP) is 4.28. The zero-order valence-electron chi connectivity index (χ0n) is 12.2. The molecule has 2 aliphatic carbocycles. The summed E-state index contributed by atoms with van der Waals surface area (Å²) in [5, 5.41) is 10.7. The minimum atomic E-state index is -0.218. The average molecular weight is 258 g/mol. The molecule has 1 aromatic carbocycles. The summed E-state index contributed by atoms with van der Waals surface area (Å²) in [4.78, 5) is 0. The zero-order chi connectivity index (χ0) is 13.4. The van der Waals surface area contributed by atoms with Crippen LogP contribution in [0.1, 0.15) is 62.3 Å². The molecular weight excluding hydrogens is 232 g/mol. The Morgan fingerprint density at radius 1 is 1.05 bits per heavy atom. The van der Waals surface area contributed by atoms with E-state index in [0.29, 0.717) is 5.92 Å². The Bertz CT molecular complexity index is 439. The van der Waals surface area contributed by atoms with Gasteiger partial charge in [-0.05, 0) is 60.1 Å². The number of rotatable bonds is 4. The van der Waals surface area contributed by atoms with Crippen LogP contribution in [0.3, 0.4) is 0 Å². The first-order valence-corrected chi connectivity index (χ1v) is 8.06. The van der Waals surface area contributed by atoms with Crippen molar-refractivity contribution in [1.82, 2.24) is 0 Å². The first kappa shape index (κ1) is 13.2. The van der Waals surface area contributed by atoms with Crippen molar-refractivity contribution < 1.29 is 5.11 Å². The van der Waals surface area contributed by atoms with Crippen LogP contribution in [0.2, 0.25) is 0 Å². The minimum Gasteiger partial charge on any atom is -0.388 e. The van der Waals surface area contributed by atoms with Gasteiger partial charge in [-0.15, -0.1) is 0 Å². The molecule has 3 atom stereocenters. The summed E-state index contributed by atoms with van der Waals surface area (Å²) in [6.07, 6.45) is 7.39. The summed E-state index contributed by atoms with van der Waals surface area (Å²) in [6.45, 7) is 4.42. The quantitative estimate of drug-likeness (QED) is 0.854. The van der Waals surface area contributed by atoms with E-state index in [0.717, 1.165) is 30.2 Å². The number of aryl methyl sites for hydroxylation is 2. The van der Waals surface area contributed by atoms with Gasteiger partial charge in [-0.1, -0.05) is 44.9 Å². The molecule has 3 unspecified atom stereocenters. The second-order valence-corrected chi connectivity index (χ2v) is 6.37. The summed E-state index contributed by atoms with van der Waals surface area (Å²) < 4.78 is 0. The smallest absolute Gasteiger partial charge is 0.0823 e. The van der Waals surface area contributed by atoms with Crippen LogP contribution in [0.15, 0.2) is 18.2 Å². The van der Waals surface area contributed by atoms with Crippen molar-refractivity contribution in [2.75, 3.05) is 0 Å². The van der Waals surface area contributed by atoms with E-state index >= 15 is 0 Å². The first-order chi connectivity index (χ1) is 9.26. The van der Waals surface area contributed by atoms with E-state index < -0.39 is 0 Å². The van der Waals surface area contributed by atoms with Gasteiger partial charge in [0.1, 0.15) is 0 Å². The molecule has 2 aliphatic rings. The number of hydrogen-bond acceptors (Lipinski definition) is 1. The summed E-state index contributed by atoms with van der Waals surface area (Å²) in [7, 11) is 0. The maximum atomic E-state index is 10.7. The third-order valence-corrected chi connectivity index (χ3v) is 5.42.